The van der Waals surface area contributed by atoms with Crippen LogP contribution in [-0.4, -0.2) is 49.7 Å². The molecule has 0 radical (unpaired) electrons. The number of hydrogen-bond acceptors (Lipinski definition) is 3. The van der Waals surface area contributed by atoms with Crippen LogP contribution in [0.15, 0.2) is 18.2 Å². The Bertz CT molecular complexity index is 435. The lowest BCUT2D eigenvalue weighted by Crippen LogP contribution is -2.27. The lowest BCUT2D eigenvalue weighted by atomic mass is 10.2. The number of carboxylic acid groups (broad SMARTS) is 1. The highest BCUT2D eigenvalue weighted by Crippen LogP contribution is 2.24. The average molecular weight is 285 g/mol. The van der Waals surface area contributed by atoms with Crippen molar-refractivity contribution in [2.75, 3.05) is 38.6 Å². The van der Waals surface area contributed by atoms with Gasteiger partial charge in [0.1, 0.15) is 0 Å². The number of rotatable bonds is 7. The highest BCUT2D eigenvalue weighted by atomic mass is 35.5. The summed E-state index contributed by atoms with van der Waals surface area (Å²) in [7, 11) is 4.10. The molecule has 0 aliphatic rings. The molecular weight excluding hydrogens is 264 g/mol. The van der Waals surface area contributed by atoms with Crippen LogP contribution in [0.2, 0.25) is 5.02 Å². The Morgan fingerprint density at radius 2 is 2.00 bits per heavy atom. The van der Waals surface area contributed by atoms with Crippen molar-refractivity contribution in [3.8, 4) is 0 Å². The third-order valence-electron chi connectivity index (χ3n) is 2.96. The first-order valence-electron chi connectivity index (χ1n) is 6.38. The maximum Gasteiger partial charge on any atom is 0.337 e. The first-order chi connectivity index (χ1) is 8.95. The summed E-state index contributed by atoms with van der Waals surface area (Å²) in [5, 5.41) is 9.24. The molecule has 0 spiro atoms. The van der Waals surface area contributed by atoms with Crippen LogP contribution in [0.4, 0.5) is 5.69 Å². The molecule has 4 nitrogen and oxygen atoms in total. The number of hydrogen-bond donors (Lipinski definition) is 1. The molecule has 0 fully saturated rings. The quantitative estimate of drug-likeness (QED) is 0.836. The van der Waals surface area contributed by atoms with Crippen molar-refractivity contribution < 1.29 is 9.90 Å². The molecule has 0 atom stereocenters. The van der Waals surface area contributed by atoms with E-state index in [0.717, 1.165) is 31.7 Å². The summed E-state index contributed by atoms with van der Waals surface area (Å²) < 4.78 is 0. The van der Waals surface area contributed by atoms with Gasteiger partial charge in [0.25, 0.3) is 0 Å². The van der Waals surface area contributed by atoms with Crippen molar-refractivity contribution in [2.24, 2.45) is 0 Å². The molecule has 5 heteroatoms. The van der Waals surface area contributed by atoms with Gasteiger partial charge in [0.05, 0.1) is 10.6 Å². The summed E-state index contributed by atoms with van der Waals surface area (Å²) in [6.07, 6.45) is 1.05. The average Bonchev–Trinajstić information content (AvgIpc) is 2.33. The molecule has 0 aliphatic carbocycles. The Labute approximate surface area is 119 Å². The molecule has 1 N–H and O–H groups in total. The van der Waals surface area contributed by atoms with Crippen molar-refractivity contribution in [1.29, 1.82) is 0 Å². The number of anilines is 1. The number of benzene rings is 1. The van der Waals surface area contributed by atoms with Gasteiger partial charge in [-0.05, 0) is 52.2 Å². The van der Waals surface area contributed by atoms with Crippen molar-refractivity contribution in [2.45, 2.75) is 13.3 Å². The molecule has 1 aromatic carbocycles. The Kier molecular flexibility index (Phi) is 6.12. The summed E-state index contributed by atoms with van der Waals surface area (Å²) >= 11 is 5.99. The molecule has 0 aromatic heterocycles. The number of halogens is 1. The maximum absolute atomic E-state index is 10.9. The van der Waals surface area contributed by atoms with Gasteiger partial charge in [-0.2, -0.15) is 0 Å². The molecule has 0 heterocycles. The minimum atomic E-state index is -0.993. The second-order valence-corrected chi connectivity index (χ2v) is 5.11. The summed E-state index contributed by atoms with van der Waals surface area (Å²) in [5.74, 6) is -0.993. The van der Waals surface area contributed by atoms with Gasteiger partial charge in [-0.25, -0.2) is 4.79 Å². The zero-order valence-corrected chi connectivity index (χ0v) is 12.4. The van der Waals surface area contributed by atoms with Gasteiger partial charge >= 0.3 is 5.97 Å². The first-order valence-corrected chi connectivity index (χ1v) is 6.76. The second-order valence-electron chi connectivity index (χ2n) is 4.71. The molecule has 0 aliphatic heterocycles. The number of carboxylic acids is 1. The van der Waals surface area contributed by atoms with Gasteiger partial charge < -0.3 is 14.9 Å². The number of aromatic carboxylic acids is 1. The van der Waals surface area contributed by atoms with E-state index in [1.54, 1.807) is 12.1 Å². The van der Waals surface area contributed by atoms with Gasteiger partial charge in [-0.15, -0.1) is 0 Å². The normalized spacial score (nSPS) is 10.8. The van der Waals surface area contributed by atoms with Crippen LogP contribution in [0, 0.1) is 0 Å². The van der Waals surface area contributed by atoms with E-state index in [4.69, 9.17) is 16.7 Å². The SMILES string of the molecule is CCN(CCCN(C)C)c1ccc(C(=O)O)c(Cl)c1. The number of carbonyl (C=O) groups is 1. The molecule has 0 saturated carbocycles. The van der Waals surface area contributed by atoms with E-state index in [2.05, 4.69) is 30.8 Å². The van der Waals surface area contributed by atoms with Crippen LogP contribution in [0.5, 0.6) is 0 Å². The Hall–Kier alpha value is -1.26. The van der Waals surface area contributed by atoms with E-state index in [1.807, 2.05) is 6.07 Å². The number of nitrogens with zero attached hydrogens (tertiary/aromatic N) is 2. The van der Waals surface area contributed by atoms with Gasteiger partial charge in [0.2, 0.25) is 0 Å². The van der Waals surface area contributed by atoms with E-state index in [0.29, 0.717) is 0 Å². The van der Waals surface area contributed by atoms with E-state index < -0.39 is 5.97 Å². The largest absolute Gasteiger partial charge is 0.478 e. The minimum absolute atomic E-state index is 0.148. The third kappa shape index (κ3) is 4.73. The zero-order valence-electron chi connectivity index (χ0n) is 11.7. The molecule has 106 valence electrons. The van der Waals surface area contributed by atoms with E-state index in [1.165, 1.54) is 0 Å². The third-order valence-corrected chi connectivity index (χ3v) is 3.28. The lowest BCUT2D eigenvalue weighted by Gasteiger charge is -2.24. The molecule has 0 bridgehead atoms. The van der Waals surface area contributed by atoms with E-state index >= 15 is 0 Å². The Balaban J connectivity index is 2.76. The lowest BCUT2D eigenvalue weighted by molar-refractivity contribution is 0.0697. The van der Waals surface area contributed by atoms with Crippen LogP contribution in [0.25, 0.3) is 0 Å². The Morgan fingerprint density at radius 3 is 2.47 bits per heavy atom. The molecule has 1 aromatic rings. The van der Waals surface area contributed by atoms with E-state index in [9.17, 15) is 4.79 Å². The van der Waals surface area contributed by atoms with Crippen molar-refractivity contribution in [3.05, 3.63) is 28.8 Å². The standard InChI is InChI=1S/C14H21ClN2O2/c1-4-17(9-5-8-16(2)3)11-6-7-12(14(18)19)13(15)10-11/h6-7,10H,4-5,8-9H2,1-3H3,(H,18,19). The fourth-order valence-corrected chi connectivity index (χ4v) is 2.18. The molecular formula is C14H21ClN2O2. The highest BCUT2D eigenvalue weighted by molar-refractivity contribution is 6.33. The van der Waals surface area contributed by atoms with Crippen molar-refractivity contribution in [3.63, 3.8) is 0 Å². The van der Waals surface area contributed by atoms with Crippen molar-refractivity contribution >= 4 is 23.3 Å². The van der Waals surface area contributed by atoms with Crippen LogP contribution in [0.1, 0.15) is 23.7 Å². The highest BCUT2D eigenvalue weighted by Gasteiger charge is 2.11. The summed E-state index contributed by atoms with van der Waals surface area (Å²) in [4.78, 5) is 15.3. The summed E-state index contributed by atoms with van der Waals surface area (Å²) in [6, 6.07) is 5.10. The van der Waals surface area contributed by atoms with Crippen LogP contribution >= 0.6 is 11.6 Å². The smallest absolute Gasteiger partial charge is 0.337 e. The predicted octanol–water partition coefficient (Wildman–Crippen LogP) is 2.82. The molecule has 1 rings (SSSR count). The fourth-order valence-electron chi connectivity index (χ4n) is 1.92. The Morgan fingerprint density at radius 1 is 1.32 bits per heavy atom. The second kappa shape index (κ2) is 7.36. The van der Waals surface area contributed by atoms with Gasteiger partial charge in [-0.3, -0.25) is 0 Å². The van der Waals surface area contributed by atoms with Crippen LogP contribution < -0.4 is 4.90 Å². The maximum atomic E-state index is 10.9. The van der Waals surface area contributed by atoms with Crippen LogP contribution in [0.3, 0.4) is 0 Å². The topological polar surface area (TPSA) is 43.8 Å². The first kappa shape index (κ1) is 15.8. The molecule has 19 heavy (non-hydrogen) atoms. The monoisotopic (exact) mass is 284 g/mol. The van der Waals surface area contributed by atoms with Gasteiger partial charge in [-0.1, -0.05) is 11.6 Å². The van der Waals surface area contributed by atoms with Crippen LogP contribution in [-0.2, 0) is 0 Å². The van der Waals surface area contributed by atoms with Gasteiger partial charge in [0.15, 0.2) is 0 Å². The van der Waals surface area contributed by atoms with E-state index in [-0.39, 0.29) is 10.6 Å². The van der Waals surface area contributed by atoms with Crippen molar-refractivity contribution in [1.82, 2.24) is 4.90 Å². The fraction of sp³-hybridized carbons (Fsp3) is 0.500. The predicted molar refractivity (Wildman–Crippen MR) is 79.5 cm³/mol. The molecule has 0 unspecified atom stereocenters. The molecule has 0 amide bonds. The zero-order chi connectivity index (χ0) is 14.4. The summed E-state index contributed by atoms with van der Waals surface area (Å²) in [5.41, 5.74) is 1.12. The molecule has 0 saturated heterocycles. The van der Waals surface area contributed by atoms with Gasteiger partial charge in [0, 0.05) is 18.8 Å². The summed E-state index contributed by atoms with van der Waals surface area (Å²) in [6.45, 7) is 4.90. The minimum Gasteiger partial charge on any atom is -0.478 e.